The summed E-state index contributed by atoms with van der Waals surface area (Å²) in [7, 11) is 5.44. The van der Waals surface area contributed by atoms with Crippen LogP contribution in [0.2, 0.25) is 0 Å². The first-order valence-corrected chi connectivity index (χ1v) is 12.6. The molecule has 2 aromatic rings. The molecular weight excluding hydrogens is 440 g/mol. The molecule has 0 aliphatic carbocycles. The number of methoxy groups -OCH3 is 2. The first-order valence-electron chi connectivity index (χ1n) is 12.6. The van der Waals surface area contributed by atoms with Crippen LogP contribution in [0, 0.1) is 17.2 Å². The maximum Gasteiger partial charge on any atom is 0.161 e. The maximum absolute atomic E-state index is 10.3. The summed E-state index contributed by atoms with van der Waals surface area (Å²) in [5, 5.41) is 10.3. The molecule has 0 bridgehead atoms. The summed E-state index contributed by atoms with van der Waals surface area (Å²) in [6.45, 7) is 11.1. The van der Waals surface area contributed by atoms with E-state index in [1.807, 2.05) is 44.2 Å². The standard InChI is InChI=1S/C29H42N2O4/c1-8-34-26-14-12-24(20-28(26)35-9-2)29(21-30,22(3)4)16-10-17-31(5)18-15-23-11-13-25(32-6)27(19-23)33-7/h11-14,19-20,22H,8-10,15-18H2,1-7H3. The summed E-state index contributed by atoms with van der Waals surface area (Å²) < 4.78 is 22.3. The third-order valence-corrected chi connectivity index (χ3v) is 6.58. The number of rotatable bonds is 15. The predicted octanol–water partition coefficient (Wildman–Crippen LogP) is 5.87. The fourth-order valence-electron chi connectivity index (χ4n) is 4.44. The van der Waals surface area contributed by atoms with Crippen LogP contribution in [-0.4, -0.2) is 52.5 Å². The molecule has 6 heteroatoms. The van der Waals surface area contributed by atoms with Crippen LogP contribution in [0.4, 0.5) is 0 Å². The Morgan fingerprint density at radius 2 is 1.54 bits per heavy atom. The average molecular weight is 483 g/mol. The van der Waals surface area contributed by atoms with Crippen LogP contribution in [0.25, 0.3) is 0 Å². The molecule has 0 N–H and O–H groups in total. The molecule has 1 atom stereocenters. The molecule has 6 nitrogen and oxygen atoms in total. The molecule has 0 heterocycles. The van der Waals surface area contributed by atoms with E-state index in [1.165, 1.54) is 5.56 Å². The van der Waals surface area contributed by atoms with Gasteiger partial charge in [-0.05, 0) is 88.0 Å². The molecule has 35 heavy (non-hydrogen) atoms. The number of likely N-dealkylation sites (N-methyl/N-ethyl adjacent to an activating group) is 1. The second-order valence-corrected chi connectivity index (χ2v) is 9.11. The SMILES string of the molecule is CCOc1ccc(C(C#N)(CCCN(C)CCc2ccc(OC)c(OC)c2)C(C)C)cc1OCC. The minimum absolute atomic E-state index is 0.164. The van der Waals surface area contributed by atoms with Gasteiger partial charge < -0.3 is 23.8 Å². The third kappa shape index (κ3) is 7.29. The zero-order valence-electron chi connectivity index (χ0n) is 22.5. The van der Waals surface area contributed by atoms with Crippen molar-refractivity contribution in [1.29, 1.82) is 5.26 Å². The van der Waals surface area contributed by atoms with Gasteiger partial charge in [0, 0.05) is 6.54 Å². The summed E-state index contributed by atoms with van der Waals surface area (Å²) in [6, 6.07) is 14.7. The smallest absolute Gasteiger partial charge is 0.161 e. The minimum Gasteiger partial charge on any atom is -0.493 e. The Kier molecular flexibility index (Phi) is 11.2. The van der Waals surface area contributed by atoms with Crippen molar-refractivity contribution in [3.05, 3.63) is 47.5 Å². The lowest BCUT2D eigenvalue weighted by Crippen LogP contribution is -2.32. The largest absolute Gasteiger partial charge is 0.493 e. The van der Waals surface area contributed by atoms with Crippen molar-refractivity contribution in [1.82, 2.24) is 4.90 Å². The molecule has 2 rings (SSSR count). The molecule has 0 aliphatic rings. The van der Waals surface area contributed by atoms with Gasteiger partial charge in [0.1, 0.15) is 0 Å². The lowest BCUT2D eigenvalue weighted by atomic mass is 9.69. The number of benzene rings is 2. The number of hydrogen-bond donors (Lipinski definition) is 0. The summed E-state index contributed by atoms with van der Waals surface area (Å²) in [5.41, 5.74) is 1.62. The van der Waals surface area contributed by atoms with Gasteiger partial charge in [-0.1, -0.05) is 26.0 Å². The van der Waals surface area contributed by atoms with Crippen LogP contribution in [-0.2, 0) is 11.8 Å². The fourth-order valence-corrected chi connectivity index (χ4v) is 4.44. The fraction of sp³-hybridized carbons (Fsp3) is 0.552. The lowest BCUT2D eigenvalue weighted by Gasteiger charge is -2.32. The van der Waals surface area contributed by atoms with Crippen LogP contribution >= 0.6 is 0 Å². The van der Waals surface area contributed by atoms with E-state index in [2.05, 4.69) is 37.9 Å². The van der Waals surface area contributed by atoms with Crippen molar-refractivity contribution in [3.8, 4) is 29.1 Å². The molecule has 0 spiro atoms. The van der Waals surface area contributed by atoms with Crippen molar-refractivity contribution >= 4 is 0 Å². The molecule has 0 aromatic heterocycles. The first kappa shape index (κ1) is 28.3. The van der Waals surface area contributed by atoms with Crippen LogP contribution in [0.15, 0.2) is 36.4 Å². The Morgan fingerprint density at radius 1 is 0.886 bits per heavy atom. The van der Waals surface area contributed by atoms with Crippen molar-refractivity contribution in [3.63, 3.8) is 0 Å². The van der Waals surface area contributed by atoms with E-state index in [9.17, 15) is 5.26 Å². The van der Waals surface area contributed by atoms with Gasteiger partial charge in [0.25, 0.3) is 0 Å². The normalized spacial score (nSPS) is 12.8. The highest BCUT2D eigenvalue weighted by molar-refractivity contribution is 5.47. The van der Waals surface area contributed by atoms with Crippen molar-refractivity contribution in [2.75, 3.05) is 47.6 Å². The zero-order valence-corrected chi connectivity index (χ0v) is 22.5. The van der Waals surface area contributed by atoms with Gasteiger partial charge in [-0.25, -0.2) is 0 Å². The van der Waals surface area contributed by atoms with E-state index in [-0.39, 0.29) is 5.92 Å². The molecule has 2 aromatic carbocycles. The lowest BCUT2D eigenvalue weighted by molar-refractivity contribution is 0.281. The van der Waals surface area contributed by atoms with E-state index in [0.29, 0.717) is 19.0 Å². The van der Waals surface area contributed by atoms with Crippen molar-refractivity contribution in [2.45, 2.75) is 52.4 Å². The zero-order chi connectivity index (χ0) is 25.8. The van der Waals surface area contributed by atoms with E-state index in [1.54, 1.807) is 14.2 Å². The predicted molar refractivity (Wildman–Crippen MR) is 141 cm³/mol. The molecule has 0 saturated heterocycles. The monoisotopic (exact) mass is 482 g/mol. The van der Waals surface area contributed by atoms with Crippen molar-refractivity contribution < 1.29 is 18.9 Å². The van der Waals surface area contributed by atoms with Gasteiger partial charge in [0.15, 0.2) is 23.0 Å². The van der Waals surface area contributed by atoms with E-state index >= 15 is 0 Å². The highest BCUT2D eigenvalue weighted by Gasteiger charge is 2.36. The Bertz CT molecular complexity index is 970. The molecule has 0 radical (unpaired) electrons. The quantitative estimate of drug-likeness (QED) is 0.316. The maximum atomic E-state index is 10.3. The molecule has 1 unspecified atom stereocenters. The molecule has 192 valence electrons. The van der Waals surface area contributed by atoms with Gasteiger partial charge in [0.05, 0.1) is 38.9 Å². The molecule has 0 aliphatic heterocycles. The molecule has 0 fully saturated rings. The molecular formula is C29H42N2O4. The summed E-state index contributed by atoms with van der Waals surface area (Å²) in [5.74, 6) is 3.10. The van der Waals surface area contributed by atoms with Gasteiger partial charge >= 0.3 is 0 Å². The van der Waals surface area contributed by atoms with Gasteiger partial charge in [-0.15, -0.1) is 0 Å². The highest BCUT2D eigenvalue weighted by Crippen LogP contribution is 2.40. The molecule has 0 saturated carbocycles. The second-order valence-electron chi connectivity index (χ2n) is 9.11. The Labute approximate surface area is 211 Å². The number of hydrogen-bond acceptors (Lipinski definition) is 6. The first-order chi connectivity index (χ1) is 16.8. The van der Waals surface area contributed by atoms with Gasteiger partial charge in [0.2, 0.25) is 0 Å². The van der Waals surface area contributed by atoms with Crippen LogP contribution in [0.1, 0.15) is 51.7 Å². The van der Waals surface area contributed by atoms with Gasteiger partial charge in [-0.3, -0.25) is 0 Å². The van der Waals surface area contributed by atoms with E-state index in [0.717, 1.165) is 55.2 Å². The van der Waals surface area contributed by atoms with Crippen molar-refractivity contribution in [2.24, 2.45) is 5.92 Å². The van der Waals surface area contributed by atoms with E-state index < -0.39 is 5.41 Å². The highest BCUT2D eigenvalue weighted by atomic mass is 16.5. The number of ether oxygens (including phenoxy) is 4. The average Bonchev–Trinajstić information content (AvgIpc) is 2.86. The summed E-state index contributed by atoms with van der Waals surface area (Å²) >= 11 is 0. The van der Waals surface area contributed by atoms with Crippen LogP contribution < -0.4 is 18.9 Å². The minimum atomic E-state index is -0.583. The Balaban J connectivity index is 2.06. The molecule has 0 amide bonds. The van der Waals surface area contributed by atoms with Crippen LogP contribution in [0.3, 0.4) is 0 Å². The number of nitriles is 1. The Morgan fingerprint density at radius 3 is 2.14 bits per heavy atom. The Hall–Kier alpha value is -2.91. The summed E-state index contributed by atoms with van der Waals surface area (Å²) in [6.07, 6.45) is 2.62. The third-order valence-electron chi connectivity index (χ3n) is 6.58. The van der Waals surface area contributed by atoms with E-state index in [4.69, 9.17) is 18.9 Å². The topological polar surface area (TPSA) is 64.0 Å². The van der Waals surface area contributed by atoms with Crippen LogP contribution in [0.5, 0.6) is 23.0 Å². The summed E-state index contributed by atoms with van der Waals surface area (Å²) in [4.78, 5) is 2.32. The van der Waals surface area contributed by atoms with Gasteiger partial charge in [-0.2, -0.15) is 5.26 Å². The number of nitrogens with zero attached hydrogens (tertiary/aromatic N) is 2. The second kappa shape index (κ2) is 13.8.